The summed E-state index contributed by atoms with van der Waals surface area (Å²) in [4.78, 5) is 30.5. The number of allylic oxidation sites excluding steroid dienone is 2. The van der Waals surface area contributed by atoms with Gasteiger partial charge in [0.15, 0.2) is 0 Å². The minimum atomic E-state index is -0.207. The van der Waals surface area contributed by atoms with Crippen LogP contribution in [0.4, 0.5) is 0 Å². The summed E-state index contributed by atoms with van der Waals surface area (Å²) in [5.41, 5.74) is 0. The number of likely N-dealkylation sites (tertiary alicyclic amines) is 2. The Labute approximate surface area is 151 Å². The van der Waals surface area contributed by atoms with Crippen LogP contribution >= 0.6 is 34.2 Å². The molecule has 2 aliphatic heterocycles. The number of fused-ring (bicyclic) bond motifs is 1. The van der Waals surface area contributed by atoms with Crippen molar-refractivity contribution >= 4 is 46.0 Å². The fourth-order valence-electron chi connectivity index (χ4n) is 3.54. The highest BCUT2D eigenvalue weighted by molar-refractivity contribution is 14.1. The second-order valence-corrected chi connectivity index (χ2v) is 6.52. The van der Waals surface area contributed by atoms with Crippen molar-refractivity contribution in [3.63, 3.8) is 0 Å². The van der Waals surface area contributed by atoms with Gasteiger partial charge in [-0.25, -0.2) is 0 Å². The number of hydrogen-bond donors (Lipinski definition) is 0. The molecule has 6 heteroatoms. The predicted molar refractivity (Wildman–Crippen MR) is 97.1 cm³/mol. The van der Waals surface area contributed by atoms with Gasteiger partial charge < -0.3 is 4.90 Å². The van der Waals surface area contributed by atoms with Crippen LogP contribution in [0.15, 0.2) is 11.1 Å². The van der Waals surface area contributed by atoms with Gasteiger partial charge in [0.2, 0.25) is 11.8 Å². The van der Waals surface area contributed by atoms with E-state index < -0.39 is 0 Å². The number of piperidine rings is 1. The molecule has 2 saturated heterocycles. The molecule has 3 aliphatic rings. The highest BCUT2D eigenvalue weighted by atomic mass is 127. The third-order valence-corrected chi connectivity index (χ3v) is 5.06. The first-order chi connectivity index (χ1) is 10.7. The Bertz CT molecular complexity index is 449. The van der Waals surface area contributed by atoms with Crippen molar-refractivity contribution in [2.24, 2.45) is 11.8 Å². The third-order valence-electron chi connectivity index (χ3n) is 4.75. The molecule has 0 spiro atoms. The van der Waals surface area contributed by atoms with E-state index in [0.29, 0.717) is 19.4 Å². The zero-order valence-electron chi connectivity index (χ0n) is 13.1. The van der Waals surface area contributed by atoms with Gasteiger partial charge in [-0.1, -0.05) is 46.7 Å². The summed E-state index contributed by atoms with van der Waals surface area (Å²) in [5.74, 6) is -0.367. The molecule has 2 heterocycles. The average Bonchev–Trinajstić information content (AvgIpc) is 2.79. The molecule has 0 aromatic carbocycles. The summed E-state index contributed by atoms with van der Waals surface area (Å²) in [6.07, 6.45) is 6.80. The molecular formula is C16H24ClIN2O2. The topological polar surface area (TPSA) is 40.6 Å². The van der Waals surface area contributed by atoms with Crippen molar-refractivity contribution in [3.05, 3.63) is 11.1 Å². The maximum absolute atomic E-state index is 12.4. The van der Waals surface area contributed by atoms with E-state index in [4.69, 9.17) is 11.6 Å². The first-order valence-electron chi connectivity index (χ1n) is 7.96. The average molecular weight is 439 g/mol. The molecule has 2 fully saturated rings. The zero-order chi connectivity index (χ0) is 16.1. The van der Waals surface area contributed by atoms with Crippen molar-refractivity contribution in [1.82, 2.24) is 9.80 Å². The van der Waals surface area contributed by atoms with Crippen LogP contribution in [0.5, 0.6) is 0 Å². The number of rotatable bonds is 3. The highest BCUT2D eigenvalue weighted by Crippen LogP contribution is 2.38. The molecule has 0 aromatic rings. The summed E-state index contributed by atoms with van der Waals surface area (Å²) in [6, 6.07) is 0. The Morgan fingerprint density at radius 1 is 1.09 bits per heavy atom. The molecule has 124 valence electrons. The number of carbonyl (C=O) groups excluding carboxylic acids is 2. The first kappa shape index (κ1) is 18.2. The van der Waals surface area contributed by atoms with Gasteiger partial charge in [-0.3, -0.25) is 14.5 Å². The molecular weight excluding hydrogens is 415 g/mol. The molecule has 1 aliphatic carbocycles. The molecule has 2 atom stereocenters. The molecule has 0 N–H and O–H groups in total. The van der Waals surface area contributed by atoms with E-state index in [-0.39, 0.29) is 23.7 Å². The number of imide groups is 1. The molecule has 3 rings (SSSR count). The van der Waals surface area contributed by atoms with Gasteiger partial charge in [0.1, 0.15) is 0 Å². The van der Waals surface area contributed by atoms with Crippen LogP contribution in [0.3, 0.4) is 0 Å². The number of nitrogens with zero attached hydrogens (tertiary/aromatic N) is 2. The van der Waals surface area contributed by atoms with Crippen molar-refractivity contribution in [2.45, 2.75) is 32.1 Å². The molecule has 0 radical (unpaired) electrons. The number of hydrogen-bond acceptors (Lipinski definition) is 3. The smallest absolute Gasteiger partial charge is 0.233 e. The first-order valence-corrected chi connectivity index (χ1v) is 10.5. The number of carbonyl (C=O) groups is 2. The monoisotopic (exact) mass is 438 g/mol. The van der Waals surface area contributed by atoms with E-state index in [9.17, 15) is 9.59 Å². The SMILES string of the molecule is CI.O=C1C2CC=C(Cl)CC2C(=O)N1CCN1CCCCC1. The number of amides is 2. The van der Waals surface area contributed by atoms with Gasteiger partial charge in [-0.05, 0) is 43.7 Å². The van der Waals surface area contributed by atoms with E-state index >= 15 is 0 Å². The Hall–Kier alpha value is -0.140. The molecule has 0 saturated carbocycles. The van der Waals surface area contributed by atoms with Gasteiger partial charge in [0.25, 0.3) is 0 Å². The van der Waals surface area contributed by atoms with E-state index in [1.165, 1.54) is 24.2 Å². The van der Waals surface area contributed by atoms with E-state index in [2.05, 4.69) is 27.5 Å². The van der Waals surface area contributed by atoms with Crippen molar-refractivity contribution < 1.29 is 9.59 Å². The standard InChI is InChI=1S/C15H21ClN2O2.CH3I/c16-11-4-5-12-13(10-11)15(20)18(14(12)19)9-8-17-6-2-1-3-7-17;1-2/h4,12-13H,1-3,5-10H2;1H3. The summed E-state index contributed by atoms with van der Waals surface area (Å²) in [7, 11) is 0. The predicted octanol–water partition coefficient (Wildman–Crippen LogP) is 3.04. The minimum absolute atomic E-state index is 0.0109. The molecule has 0 bridgehead atoms. The van der Waals surface area contributed by atoms with Gasteiger partial charge in [-0.15, -0.1) is 0 Å². The molecule has 0 aromatic heterocycles. The Morgan fingerprint density at radius 3 is 2.41 bits per heavy atom. The Kier molecular flexibility index (Phi) is 7.15. The maximum atomic E-state index is 12.4. The van der Waals surface area contributed by atoms with Crippen LogP contribution in [0.2, 0.25) is 0 Å². The van der Waals surface area contributed by atoms with Crippen LogP contribution < -0.4 is 0 Å². The highest BCUT2D eigenvalue weighted by Gasteiger charge is 2.48. The molecule has 2 unspecified atom stereocenters. The van der Waals surface area contributed by atoms with Crippen LogP contribution in [0.25, 0.3) is 0 Å². The minimum Gasteiger partial charge on any atom is -0.302 e. The number of halogens is 2. The van der Waals surface area contributed by atoms with Gasteiger partial charge in [0.05, 0.1) is 11.8 Å². The lowest BCUT2D eigenvalue weighted by atomic mass is 9.85. The second-order valence-electron chi connectivity index (χ2n) is 6.03. The number of alkyl halides is 1. The summed E-state index contributed by atoms with van der Waals surface area (Å²) in [6.45, 7) is 3.55. The third kappa shape index (κ3) is 4.03. The lowest BCUT2D eigenvalue weighted by molar-refractivity contribution is -0.140. The largest absolute Gasteiger partial charge is 0.302 e. The fraction of sp³-hybridized carbons (Fsp3) is 0.750. The fourth-order valence-corrected chi connectivity index (χ4v) is 3.80. The Morgan fingerprint density at radius 2 is 1.73 bits per heavy atom. The van der Waals surface area contributed by atoms with E-state index in [0.717, 1.165) is 24.7 Å². The van der Waals surface area contributed by atoms with Crippen LogP contribution in [-0.2, 0) is 9.59 Å². The summed E-state index contributed by atoms with van der Waals surface area (Å²) in [5, 5.41) is 0.727. The second kappa shape index (κ2) is 8.64. The zero-order valence-corrected chi connectivity index (χ0v) is 16.0. The van der Waals surface area contributed by atoms with Gasteiger partial charge in [0, 0.05) is 18.1 Å². The van der Waals surface area contributed by atoms with Crippen molar-refractivity contribution in [1.29, 1.82) is 0 Å². The van der Waals surface area contributed by atoms with E-state index in [1.807, 2.05) is 11.0 Å². The quantitative estimate of drug-likeness (QED) is 0.386. The van der Waals surface area contributed by atoms with Crippen LogP contribution in [0.1, 0.15) is 32.1 Å². The molecule has 2 amide bonds. The lowest BCUT2D eigenvalue weighted by Gasteiger charge is -2.28. The summed E-state index contributed by atoms with van der Waals surface area (Å²) >= 11 is 8.16. The lowest BCUT2D eigenvalue weighted by Crippen LogP contribution is -2.40. The molecule has 22 heavy (non-hydrogen) atoms. The van der Waals surface area contributed by atoms with Gasteiger partial charge in [-0.2, -0.15) is 0 Å². The van der Waals surface area contributed by atoms with Crippen molar-refractivity contribution in [2.75, 3.05) is 31.1 Å². The summed E-state index contributed by atoms with van der Waals surface area (Å²) < 4.78 is 0. The Balaban J connectivity index is 0.000000847. The normalized spacial score (nSPS) is 28.9. The molecule has 4 nitrogen and oxygen atoms in total. The van der Waals surface area contributed by atoms with Crippen LogP contribution in [-0.4, -0.2) is 52.7 Å². The van der Waals surface area contributed by atoms with E-state index in [1.54, 1.807) is 0 Å². The van der Waals surface area contributed by atoms with Crippen molar-refractivity contribution in [3.8, 4) is 0 Å². The van der Waals surface area contributed by atoms with Gasteiger partial charge >= 0.3 is 0 Å². The van der Waals surface area contributed by atoms with Crippen LogP contribution in [0, 0.1) is 11.8 Å². The maximum Gasteiger partial charge on any atom is 0.233 e.